The van der Waals surface area contributed by atoms with Crippen molar-refractivity contribution in [3.63, 3.8) is 0 Å². The molecule has 1 aliphatic rings. The number of carbonyl (C=O) groups excluding carboxylic acids is 1. The molecule has 2 rings (SSSR count). The lowest BCUT2D eigenvalue weighted by Gasteiger charge is -2.27. The SMILES string of the molecule is COC1CC(C(=O)O)N(C(=O)N(C)Cc2ccsc2)C1. The molecule has 2 atom stereocenters. The van der Waals surface area contributed by atoms with Crippen molar-refractivity contribution in [1.29, 1.82) is 0 Å². The molecule has 0 radical (unpaired) electrons. The maximum atomic E-state index is 12.4. The van der Waals surface area contributed by atoms with E-state index in [1.165, 1.54) is 16.9 Å². The summed E-state index contributed by atoms with van der Waals surface area (Å²) in [4.78, 5) is 26.6. The summed E-state index contributed by atoms with van der Waals surface area (Å²) in [5, 5.41) is 13.1. The van der Waals surface area contributed by atoms with E-state index in [9.17, 15) is 14.7 Å². The van der Waals surface area contributed by atoms with Crippen molar-refractivity contribution in [2.45, 2.75) is 25.1 Å². The Kier molecular flexibility index (Phi) is 4.61. The minimum atomic E-state index is -0.984. The molecule has 0 bridgehead atoms. The fourth-order valence-electron chi connectivity index (χ4n) is 2.36. The predicted octanol–water partition coefficient (Wildman–Crippen LogP) is 1.47. The van der Waals surface area contributed by atoms with E-state index in [0.717, 1.165) is 5.56 Å². The smallest absolute Gasteiger partial charge is 0.326 e. The summed E-state index contributed by atoms with van der Waals surface area (Å²) in [6.45, 7) is 0.795. The van der Waals surface area contributed by atoms with Crippen LogP contribution in [-0.4, -0.2) is 59.8 Å². The first-order valence-electron chi connectivity index (χ1n) is 6.31. The van der Waals surface area contributed by atoms with Gasteiger partial charge in [-0.1, -0.05) is 0 Å². The number of ether oxygens (including phenoxy) is 1. The van der Waals surface area contributed by atoms with E-state index in [2.05, 4.69) is 0 Å². The van der Waals surface area contributed by atoms with Gasteiger partial charge < -0.3 is 19.6 Å². The van der Waals surface area contributed by atoms with Gasteiger partial charge in [-0.25, -0.2) is 9.59 Å². The van der Waals surface area contributed by atoms with E-state index >= 15 is 0 Å². The zero-order valence-corrected chi connectivity index (χ0v) is 12.3. The molecule has 7 heteroatoms. The first-order valence-corrected chi connectivity index (χ1v) is 7.25. The van der Waals surface area contributed by atoms with Crippen LogP contribution in [-0.2, 0) is 16.1 Å². The normalized spacial score (nSPS) is 22.0. The Balaban J connectivity index is 2.04. The predicted molar refractivity (Wildman–Crippen MR) is 74.7 cm³/mol. The topological polar surface area (TPSA) is 70.1 Å². The molecule has 0 saturated carbocycles. The number of methoxy groups -OCH3 is 1. The van der Waals surface area contributed by atoms with Gasteiger partial charge in [0.25, 0.3) is 0 Å². The Morgan fingerprint density at radius 1 is 1.60 bits per heavy atom. The summed E-state index contributed by atoms with van der Waals surface area (Å²) < 4.78 is 5.18. The van der Waals surface area contributed by atoms with Crippen LogP contribution in [0.3, 0.4) is 0 Å². The van der Waals surface area contributed by atoms with Crippen molar-refractivity contribution in [2.75, 3.05) is 20.7 Å². The molecule has 1 aromatic heterocycles. The van der Waals surface area contributed by atoms with Gasteiger partial charge in [0.15, 0.2) is 0 Å². The summed E-state index contributed by atoms with van der Waals surface area (Å²) in [5.41, 5.74) is 1.04. The van der Waals surface area contributed by atoms with E-state index in [1.807, 2.05) is 16.8 Å². The van der Waals surface area contributed by atoms with Gasteiger partial charge in [0.1, 0.15) is 6.04 Å². The van der Waals surface area contributed by atoms with Crippen molar-refractivity contribution in [3.05, 3.63) is 22.4 Å². The molecule has 0 aromatic carbocycles. The van der Waals surface area contributed by atoms with Gasteiger partial charge in [0, 0.05) is 33.7 Å². The molecule has 1 aromatic rings. The summed E-state index contributed by atoms with van der Waals surface area (Å²) in [7, 11) is 3.21. The number of likely N-dealkylation sites (tertiary alicyclic amines) is 1. The van der Waals surface area contributed by atoms with Crippen LogP contribution >= 0.6 is 11.3 Å². The third-order valence-electron chi connectivity index (χ3n) is 3.45. The summed E-state index contributed by atoms with van der Waals surface area (Å²) >= 11 is 1.57. The fraction of sp³-hybridized carbons (Fsp3) is 0.538. The largest absolute Gasteiger partial charge is 0.480 e. The number of thiophene rings is 1. The van der Waals surface area contributed by atoms with Gasteiger partial charge >= 0.3 is 12.0 Å². The molecule has 2 heterocycles. The van der Waals surface area contributed by atoms with E-state index in [-0.39, 0.29) is 12.1 Å². The van der Waals surface area contributed by atoms with Crippen molar-refractivity contribution in [2.24, 2.45) is 0 Å². The number of carboxylic acid groups (broad SMARTS) is 1. The molecule has 2 unspecified atom stereocenters. The van der Waals surface area contributed by atoms with Gasteiger partial charge in [0.05, 0.1) is 6.10 Å². The standard InChI is InChI=1S/C13H18N2O4S/c1-14(6-9-3-4-20-8-9)13(18)15-7-10(19-2)5-11(15)12(16)17/h3-4,8,10-11H,5-7H2,1-2H3,(H,16,17). The fourth-order valence-corrected chi connectivity index (χ4v) is 3.02. The van der Waals surface area contributed by atoms with Crippen LogP contribution in [0.25, 0.3) is 0 Å². The number of nitrogens with zero attached hydrogens (tertiary/aromatic N) is 2. The average molecular weight is 298 g/mol. The van der Waals surface area contributed by atoms with Crippen LogP contribution in [0.15, 0.2) is 16.8 Å². The summed E-state index contributed by atoms with van der Waals surface area (Å²) in [5.74, 6) is -0.984. The highest BCUT2D eigenvalue weighted by atomic mass is 32.1. The number of hydrogen-bond donors (Lipinski definition) is 1. The lowest BCUT2D eigenvalue weighted by atomic mass is 10.2. The lowest BCUT2D eigenvalue weighted by molar-refractivity contribution is -0.141. The zero-order valence-electron chi connectivity index (χ0n) is 11.5. The number of rotatable bonds is 4. The first-order chi connectivity index (χ1) is 9.52. The second-order valence-corrected chi connectivity index (χ2v) is 5.65. The van der Waals surface area contributed by atoms with Crippen molar-refractivity contribution in [1.82, 2.24) is 9.80 Å². The zero-order chi connectivity index (χ0) is 14.7. The van der Waals surface area contributed by atoms with Crippen LogP contribution in [0.2, 0.25) is 0 Å². The third kappa shape index (κ3) is 3.10. The Morgan fingerprint density at radius 3 is 2.90 bits per heavy atom. The van der Waals surface area contributed by atoms with Crippen molar-refractivity contribution >= 4 is 23.3 Å². The van der Waals surface area contributed by atoms with Crippen LogP contribution in [0.5, 0.6) is 0 Å². The molecular formula is C13H18N2O4S. The molecule has 2 amide bonds. The number of carboxylic acids is 1. The molecule has 1 aliphatic heterocycles. The highest BCUT2D eigenvalue weighted by Gasteiger charge is 2.40. The van der Waals surface area contributed by atoms with Crippen molar-refractivity contribution in [3.8, 4) is 0 Å². The molecular weight excluding hydrogens is 280 g/mol. The average Bonchev–Trinajstić information content (AvgIpc) is 3.06. The van der Waals surface area contributed by atoms with Crippen LogP contribution < -0.4 is 0 Å². The number of urea groups is 1. The van der Waals surface area contributed by atoms with Crippen LogP contribution in [0.1, 0.15) is 12.0 Å². The highest BCUT2D eigenvalue weighted by molar-refractivity contribution is 7.07. The molecule has 1 saturated heterocycles. The molecule has 20 heavy (non-hydrogen) atoms. The van der Waals surface area contributed by atoms with Gasteiger partial charge in [0.2, 0.25) is 0 Å². The minimum absolute atomic E-state index is 0.213. The monoisotopic (exact) mass is 298 g/mol. The van der Waals surface area contributed by atoms with Crippen molar-refractivity contribution < 1.29 is 19.4 Å². The van der Waals surface area contributed by atoms with E-state index in [0.29, 0.717) is 19.5 Å². The molecule has 110 valence electrons. The Morgan fingerprint density at radius 2 is 2.35 bits per heavy atom. The maximum Gasteiger partial charge on any atom is 0.326 e. The number of amides is 2. The van der Waals surface area contributed by atoms with E-state index in [1.54, 1.807) is 18.4 Å². The van der Waals surface area contributed by atoms with Crippen LogP contribution in [0.4, 0.5) is 4.79 Å². The van der Waals surface area contributed by atoms with Gasteiger partial charge in [-0.3, -0.25) is 0 Å². The maximum absolute atomic E-state index is 12.4. The molecule has 0 aliphatic carbocycles. The number of hydrogen-bond acceptors (Lipinski definition) is 4. The Hall–Kier alpha value is -1.60. The van der Waals surface area contributed by atoms with Crippen LogP contribution in [0, 0.1) is 0 Å². The lowest BCUT2D eigenvalue weighted by Crippen LogP contribution is -2.46. The quantitative estimate of drug-likeness (QED) is 0.914. The second-order valence-electron chi connectivity index (χ2n) is 4.87. The van der Waals surface area contributed by atoms with E-state index < -0.39 is 12.0 Å². The Bertz CT molecular complexity index is 477. The molecule has 1 fully saturated rings. The highest BCUT2D eigenvalue weighted by Crippen LogP contribution is 2.22. The third-order valence-corrected chi connectivity index (χ3v) is 4.19. The number of aliphatic carboxylic acids is 1. The summed E-state index contributed by atoms with van der Waals surface area (Å²) in [6.07, 6.45) is 0.124. The molecule has 1 N–H and O–H groups in total. The van der Waals surface area contributed by atoms with E-state index in [4.69, 9.17) is 4.74 Å². The first kappa shape index (κ1) is 14.8. The van der Waals surface area contributed by atoms with Gasteiger partial charge in [-0.2, -0.15) is 11.3 Å². The van der Waals surface area contributed by atoms with Gasteiger partial charge in [-0.15, -0.1) is 0 Å². The molecule has 0 spiro atoms. The minimum Gasteiger partial charge on any atom is -0.480 e. The summed E-state index contributed by atoms with van der Waals surface area (Å²) in [6, 6.07) is 0.867. The molecule has 6 nitrogen and oxygen atoms in total. The second kappa shape index (κ2) is 6.23. The Labute approximate surface area is 121 Å². The number of carbonyl (C=O) groups is 2. The van der Waals surface area contributed by atoms with Gasteiger partial charge in [-0.05, 0) is 22.4 Å².